The summed E-state index contributed by atoms with van der Waals surface area (Å²) >= 11 is 0. The summed E-state index contributed by atoms with van der Waals surface area (Å²) in [6.45, 7) is 0. The summed E-state index contributed by atoms with van der Waals surface area (Å²) in [7, 11) is 0. The minimum Gasteiger partial charge on any atom is -0.310 e. The van der Waals surface area contributed by atoms with Crippen LogP contribution in [0.5, 0.6) is 0 Å². The van der Waals surface area contributed by atoms with Crippen molar-refractivity contribution in [2.24, 2.45) is 0 Å². The summed E-state index contributed by atoms with van der Waals surface area (Å²) in [5.41, 5.74) is 13.0. The maximum absolute atomic E-state index is 2.35. The molecule has 8 aromatic carbocycles. The van der Waals surface area contributed by atoms with Gasteiger partial charge < -0.3 is 4.90 Å². The van der Waals surface area contributed by atoms with Gasteiger partial charge in [0.15, 0.2) is 0 Å². The van der Waals surface area contributed by atoms with Crippen LogP contribution in [0, 0.1) is 0 Å². The van der Waals surface area contributed by atoms with Gasteiger partial charge in [-0.05, 0) is 97.7 Å². The summed E-state index contributed by atoms with van der Waals surface area (Å²) in [6, 6.07) is 71.8. The molecule has 0 aliphatic carbocycles. The Balaban J connectivity index is 1.16. The number of anilines is 3. The van der Waals surface area contributed by atoms with Crippen LogP contribution >= 0.6 is 0 Å². The Morgan fingerprint density at radius 3 is 1.13 bits per heavy atom. The molecule has 0 atom stereocenters. The molecule has 0 aliphatic heterocycles. The van der Waals surface area contributed by atoms with E-state index in [1.807, 2.05) is 0 Å². The van der Waals surface area contributed by atoms with Crippen LogP contribution in [-0.4, -0.2) is 0 Å². The van der Waals surface area contributed by atoms with Crippen molar-refractivity contribution >= 4 is 27.8 Å². The van der Waals surface area contributed by atoms with Gasteiger partial charge in [0.2, 0.25) is 0 Å². The molecule has 222 valence electrons. The monoisotopic (exact) mass is 599 g/mol. The topological polar surface area (TPSA) is 3.24 Å². The summed E-state index contributed by atoms with van der Waals surface area (Å²) in [4.78, 5) is 2.35. The van der Waals surface area contributed by atoms with E-state index in [9.17, 15) is 0 Å². The fourth-order valence-corrected chi connectivity index (χ4v) is 6.36. The Morgan fingerprint density at radius 2 is 0.596 bits per heavy atom. The average Bonchev–Trinajstić information content (AvgIpc) is 3.16. The lowest BCUT2D eigenvalue weighted by molar-refractivity contribution is 1.28. The van der Waals surface area contributed by atoms with E-state index >= 15 is 0 Å². The fourth-order valence-electron chi connectivity index (χ4n) is 6.36. The molecule has 0 saturated heterocycles. The molecule has 8 aromatic rings. The molecule has 0 aliphatic rings. The molecule has 0 N–H and O–H groups in total. The maximum Gasteiger partial charge on any atom is 0.0467 e. The molecule has 1 heteroatoms. The third-order valence-corrected chi connectivity index (χ3v) is 8.87. The highest BCUT2D eigenvalue weighted by Gasteiger charge is 2.15. The van der Waals surface area contributed by atoms with Crippen molar-refractivity contribution < 1.29 is 0 Å². The standard InChI is InChI=1S/C46H33N/c1-3-10-34(11-4-1)37-18-20-38(21-19-37)40-26-30-45(31-27-40)47(44-28-24-39(25-29-44)35-12-5-2-6-13-35)46-17-9-16-42(33-46)43-23-22-36-14-7-8-15-41(36)32-43/h1-33H. The zero-order valence-electron chi connectivity index (χ0n) is 26.0. The predicted molar refractivity (Wildman–Crippen MR) is 200 cm³/mol. The van der Waals surface area contributed by atoms with Crippen molar-refractivity contribution in [3.05, 3.63) is 200 Å². The SMILES string of the molecule is c1ccc(-c2ccc(-c3ccc(N(c4ccc(-c5ccccc5)cc4)c4cccc(-c5ccc6ccccc6c5)c4)cc3)cc2)cc1. The van der Waals surface area contributed by atoms with Crippen LogP contribution in [0.4, 0.5) is 17.1 Å². The molecule has 8 rings (SSSR count). The van der Waals surface area contributed by atoms with Crippen molar-refractivity contribution in [1.82, 2.24) is 0 Å². The molecule has 0 saturated carbocycles. The molecule has 0 unspecified atom stereocenters. The number of benzene rings is 8. The van der Waals surface area contributed by atoms with Crippen LogP contribution < -0.4 is 4.90 Å². The quantitative estimate of drug-likeness (QED) is 0.176. The largest absolute Gasteiger partial charge is 0.310 e. The number of rotatable bonds is 7. The van der Waals surface area contributed by atoms with Crippen LogP contribution in [0.25, 0.3) is 55.3 Å². The summed E-state index contributed by atoms with van der Waals surface area (Å²) < 4.78 is 0. The van der Waals surface area contributed by atoms with Crippen LogP contribution in [-0.2, 0) is 0 Å². The molecule has 0 bridgehead atoms. The van der Waals surface area contributed by atoms with Crippen molar-refractivity contribution in [2.75, 3.05) is 4.90 Å². The first-order chi connectivity index (χ1) is 23.3. The van der Waals surface area contributed by atoms with Crippen molar-refractivity contribution in [3.8, 4) is 44.5 Å². The van der Waals surface area contributed by atoms with E-state index < -0.39 is 0 Å². The molecule has 0 aromatic heterocycles. The predicted octanol–water partition coefficient (Wildman–Crippen LogP) is 13.0. The van der Waals surface area contributed by atoms with E-state index in [0.29, 0.717) is 0 Å². The lowest BCUT2D eigenvalue weighted by Gasteiger charge is -2.26. The molecule has 0 amide bonds. The first-order valence-electron chi connectivity index (χ1n) is 16.1. The lowest BCUT2D eigenvalue weighted by atomic mass is 9.99. The molecular formula is C46H33N. The van der Waals surface area contributed by atoms with Crippen molar-refractivity contribution in [2.45, 2.75) is 0 Å². The van der Waals surface area contributed by atoms with Gasteiger partial charge in [0.1, 0.15) is 0 Å². The van der Waals surface area contributed by atoms with Crippen LogP contribution in [0.3, 0.4) is 0 Å². The third kappa shape index (κ3) is 5.95. The highest BCUT2D eigenvalue weighted by molar-refractivity contribution is 5.89. The number of nitrogens with zero attached hydrogens (tertiary/aromatic N) is 1. The molecule has 1 nitrogen and oxygen atoms in total. The van der Waals surface area contributed by atoms with Gasteiger partial charge in [-0.2, -0.15) is 0 Å². The zero-order valence-corrected chi connectivity index (χ0v) is 26.0. The minimum absolute atomic E-state index is 1.11. The van der Waals surface area contributed by atoms with Gasteiger partial charge >= 0.3 is 0 Å². The van der Waals surface area contributed by atoms with Crippen LogP contribution in [0.2, 0.25) is 0 Å². The fraction of sp³-hybridized carbons (Fsp3) is 0. The minimum atomic E-state index is 1.11. The van der Waals surface area contributed by atoms with E-state index in [2.05, 4.69) is 205 Å². The number of hydrogen-bond donors (Lipinski definition) is 0. The summed E-state index contributed by atoms with van der Waals surface area (Å²) in [5.74, 6) is 0. The Kier molecular flexibility index (Phi) is 7.63. The van der Waals surface area contributed by atoms with Crippen molar-refractivity contribution in [1.29, 1.82) is 0 Å². The van der Waals surface area contributed by atoms with E-state index in [-0.39, 0.29) is 0 Å². The van der Waals surface area contributed by atoms with Crippen molar-refractivity contribution in [3.63, 3.8) is 0 Å². The Hall–Kier alpha value is -6.18. The van der Waals surface area contributed by atoms with Gasteiger partial charge in [0.05, 0.1) is 0 Å². The lowest BCUT2D eigenvalue weighted by Crippen LogP contribution is -2.10. The average molecular weight is 600 g/mol. The van der Waals surface area contributed by atoms with E-state index in [4.69, 9.17) is 0 Å². The first kappa shape index (κ1) is 28.3. The Morgan fingerprint density at radius 1 is 0.213 bits per heavy atom. The smallest absolute Gasteiger partial charge is 0.0467 e. The van der Waals surface area contributed by atoms with E-state index in [1.165, 1.54) is 55.3 Å². The first-order valence-corrected chi connectivity index (χ1v) is 16.1. The Bertz CT molecular complexity index is 2250. The van der Waals surface area contributed by atoms with E-state index in [0.717, 1.165) is 17.1 Å². The second kappa shape index (κ2) is 12.7. The van der Waals surface area contributed by atoms with Gasteiger partial charge in [-0.1, -0.05) is 158 Å². The van der Waals surface area contributed by atoms with Gasteiger partial charge in [0, 0.05) is 17.1 Å². The number of fused-ring (bicyclic) bond motifs is 1. The summed E-state index contributed by atoms with van der Waals surface area (Å²) in [6.07, 6.45) is 0. The molecule has 0 heterocycles. The summed E-state index contributed by atoms with van der Waals surface area (Å²) in [5, 5.41) is 2.50. The third-order valence-electron chi connectivity index (χ3n) is 8.87. The zero-order chi connectivity index (χ0) is 31.4. The van der Waals surface area contributed by atoms with Gasteiger partial charge in [-0.15, -0.1) is 0 Å². The molecular weight excluding hydrogens is 567 g/mol. The van der Waals surface area contributed by atoms with Gasteiger partial charge in [-0.25, -0.2) is 0 Å². The molecule has 0 radical (unpaired) electrons. The van der Waals surface area contributed by atoms with E-state index in [1.54, 1.807) is 0 Å². The second-order valence-electron chi connectivity index (χ2n) is 11.9. The second-order valence-corrected chi connectivity index (χ2v) is 11.9. The Labute approximate surface area is 276 Å². The van der Waals surface area contributed by atoms with Gasteiger partial charge in [0.25, 0.3) is 0 Å². The highest BCUT2D eigenvalue weighted by atomic mass is 15.1. The highest BCUT2D eigenvalue weighted by Crippen LogP contribution is 2.39. The van der Waals surface area contributed by atoms with Crippen LogP contribution in [0.15, 0.2) is 200 Å². The maximum atomic E-state index is 2.35. The molecule has 0 spiro atoms. The molecule has 47 heavy (non-hydrogen) atoms. The molecule has 0 fully saturated rings. The normalized spacial score (nSPS) is 11.0. The van der Waals surface area contributed by atoms with Gasteiger partial charge in [-0.3, -0.25) is 0 Å². The van der Waals surface area contributed by atoms with Crippen LogP contribution in [0.1, 0.15) is 0 Å². The number of hydrogen-bond acceptors (Lipinski definition) is 1.